The summed E-state index contributed by atoms with van der Waals surface area (Å²) in [6.07, 6.45) is 1.45. The van der Waals surface area contributed by atoms with Gasteiger partial charge in [0, 0.05) is 16.6 Å². The van der Waals surface area contributed by atoms with Crippen molar-refractivity contribution < 1.29 is 0 Å². The van der Waals surface area contributed by atoms with Crippen molar-refractivity contribution in [3.05, 3.63) is 33.1 Å². The minimum Gasteiger partial charge on any atom is -0.363 e. The quantitative estimate of drug-likeness (QED) is 0.856. The third-order valence-corrected chi connectivity index (χ3v) is 3.44. The Hall–Kier alpha value is -1.20. The fourth-order valence-electron chi connectivity index (χ4n) is 1.25. The van der Waals surface area contributed by atoms with Crippen molar-refractivity contribution in [1.29, 1.82) is 0 Å². The summed E-state index contributed by atoms with van der Waals surface area (Å²) in [7, 11) is 0. The molecule has 0 saturated carbocycles. The molecule has 2 aromatic heterocycles. The average molecular weight is 255 g/mol. The van der Waals surface area contributed by atoms with Gasteiger partial charge in [0.05, 0.1) is 6.54 Å². The van der Waals surface area contributed by atoms with E-state index in [1.165, 1.54) is 6.33 Å². The van der Waals surface area contributed by atoms with Crippen molar-refractivity contribution in [1.82, 2.24) is 15.0 Å². The van der Waals surface area contributed by atoms with Crippen LogP contribution in [0.15, 0.2) is 11.7 Å². The fourth-order valence-corrected chi connectivity index (χ4v) is 2.09. The number of rotatable bonds is 3. The molecule has 0 saturated heterocycles. The van der Waals surface area contributed by atoms with Crippen molar-refractivity contribution in [2.24, 2.45) is 0 Å². The second-order valence-electron chi connectivity index (χ2n) is 3.37. The minimum absolute atomic E-state index is 0.479. The summed E-state index contributed by atoms with van der Waals surface area (Å²) in [6.45, 7) is 4.53. The van der Waals surface area contributed by atoms with Gasteiger partial charge in [-0.05, 0) is 13.8 Å². The maximum absolute atomic E-state index is 5.90. The molecule has 0 fully saturated rings. The van der Waals surface area contributed by atoms with Crippen LogP contribution < -0.4 is 5.32 Å². The molecule has 2 rings (SSSR count). The number of anilines is 1. The lowest BCUT2D eigenvalue weighted by atomic mass is 10.3. The van der Waals surface area contributed by atoms with Crippen LogP contribution >= 0.6 is 22.9 Å². The Labute approximate surface area is 103 Å². The first-order valence-electron chi connectivity index (χ1n) is 4.79. The van der Waals surface area contributed by atoms with E-state index in [-0.39, 0.29) is 0 Å². The molecule has 0 unspecified atom stereocenters. The molecule has 0 atom stereocenters. The van der Waals surface area contributed by atoms with Gasteiger partial charge in [0.2, 0.25) is 0 Å². The van der Waals surface area contributed by atoms with Crippen LogP contribution in [0.1, 0.15) is 16.3 Å². The van der Waals surface area contributed by atoms with Gasteiger partial charge in [0.1, 0.15) is 22.3 Å². The molecule has 0 amide bonds. The van der Waals surface area contributed by atoms with Crippen LogP contribution in [0.25, 0.3) is 0 Å². The summed E-state index contributed by atoms with van der Waals surface area (Å²) in [5.41, 5.74) is 1.90. The van der Waals surface area contributed by atoms with Crippen LogP contribution in [0, 0.1) is 13.8 Å². The average Bonchev–Trinajstić information content (AvgIpc) is 2.67. The topological polar surface area (TPSA) is 50.7 Å². The lowest BCUT2D eigenvalue weighted by Crippen LogP contribution is -2.03. The van der Waals surface area contributed by atoms with Gasteiger partial charge >= 0.3 is 0 Å². The van der Waals surface area contributed by atoms with Gasteiger partial charge < -0.3 is 5.32 Å². The predicted octanol–water partition coefficient (Wildman–Crippen LogP) is 2.82. The molecule has 2 heterocycles. The number of hydrogen-bond acceptors (Lipinski definition) is 5. The number of hydrogen-bond donors (Lipinski definition) is 1. The van der Waals surface area contributed by atoms with Crippen molar-refractivity contribution in [2.75, 3.05) is 5.32 Å². The first-order chi connectivity index (χ1) is 7.66. The third kappa shape index (κ3) is 2.48. The maximum Gasteiger partial charge on any atom is 0.137 e. The first-order valence-corrected chi connectivity index (χ1v) is 6.04. The number of aromatic nitrogens is 3. The molecule has 16 heavy (non-hydrogen) atoms. The molecule has 0 aliphatic rings. The van der Waals surface area contributed by atoms with E-state index in [9.17, 15) is 0 Å². The smallest absolute Gasteiger partial charge is 0.137 e. The van der Waals surface area contributed by atoms with Crippen LogP contribution in [0.3, 0.4) is 0 Å². The Morgan fingerprint density at radius 1 is 1.38 bits per heavy atom. The highest BCUT2D eigenvalue weighted by Gasteiger charge is 2.05. The second-order valence-corrected chi connectivity index (χ2v) is 4.67. The normalized spacial score (nSPS) is 10.4. The Balaban J connectivity index is 2.07. The molecule has 1 N–H and O–H groups in total. The van der Waals surface area contributed by atoms with Crippen molar-refractivity contribution in [3.8, 4) is 0 Å². The first kappa shape index (κ1) is 11.3. The lowest BCUT2D eigenvalue weighted by molar-refractivity contribution is 1.03. The van der Waals surface area contributed by atoms with Crippen LogP contribution in [0.5, 0.6) is 0 Å². The number of halogens is 1. The van der Waals surface area contributed by atoms with Crippen LogP contribution in [0.4, 0.5) is 5.82 Å². The molecule has 0 aliphatic carbocycles. The second kappa shape index (κ2) is 4.76. The zero-order valence-electron chi connectivity index (χ0n) is 8.99. The summed E-state index contributed by atoms with van der Waals surface area (Å²) >= 11 is 7.52. The van der Waals surface area contributed by atoms with E-state index < -0.39 is 0 Å². The molecular formula is C10H11ClN4S. The highest BCUT2D eigenvalue weighted by atomic mass is 35.5. The molecule has 4 nitrogen and oxygen atoms in total. The fraction of sp³-hybridized carbons (Fsp3) is 0.300. The zero-order valence-corrected chi connectivity index (χ0v) is 10.6. The summed E-state index contributed by atoms with van der Waals surface area (Å²) in [6, 6.07) is 0. The number of aryl methyl sites for hydroxylation is 1. The van der Waals surface area contributed by atoms with E-state index in [2.05, 4.69) is 20.3 Å². The Kier molecular flexibility index (Phi) is 3.36. The molecule has 0 bridgehead atoms. The highest BCUT2D eigenvalue weighted by Crippen LogP contribution is 2.19. The number of nitrogens with zero attached hydrogens (tertiary/aromatic N) is 3. The summed E-state index contributed by atoms with van der Waals surface area (Å²) in [5.74, 6) is 0.757. The van der Waals surface area contributed by atoms with E-state index in [0.29, 0.717) is 11.7 Å². The molecule has 0 radical (unpaired) electrons. The van der Waals surface area contributed by atoms with E-state index in [0.717, 1.165) is 22.1 Å². The van der Waals surface area contributed by atoms with Crippen LogP contribution in [-0.4, -0.2) is 15.0 Å². The molecule has 0 aromatic carbocycles. The Morgan fingerprint density at radius 2 is 2.19 bits per heavy atom. The monoisotopic (exact) mass is 254 g/mol. The zero-order chi connectivity index (χ0) is 11.5. The Bertz CT molecular complexity index is 497. The third-order valence-electron chi connectivity index (χ3n) is 2.10. The molecule has 0 spiro atoms. The lowest BCUT2D eigenvalue weighted by Gasteiger charge is -2.06. The predicted molar refractivity (Wildman–Crippen MR) is 66.0 cm³/mol. The van der Waals surface area contributed by atoms with Gasteiger partial charge in [-0.25, -0.2) is 15.0 Å². The van der Waals surface area contributed by atoms with E-state index >= 15 is 0 Å². The standard InChI is InChI=1S/C10H11ClN4S/c1-6-4-16-8(15-6)3-12-10-7(2)9(11)13-5-14-10/h4-5H,3H2,1-2H3,(H,12,13,14). The SMILES string of the molecule is Cc1csc(CNc2ncnc(Cl)c2C)n1. The number of thiazole rings is 1. The molecule has 2 aromatic rings. The summed E-state index contributed by atoms with van der Waals surface area (Å²) in [4.78, 5) is 12.4. The summed E-state index contributed by atoms with van der Waals surface area (Å²) < 4.78 is 0. The minimum atomic E-state index is 0.479. The highest BCUT2D eigenvalue weighted by molar-refractivity contribution is 7.09. The van der Waals surface area contributed by atoms with Gasteiger partial charge in [0.15, 0.2) is 0 Å². The largest absolute Gasteiger partial charge is 0.363 e. The summed E-state index contributed by atoms with van der Waals surface area (Å²) in [5, 5.41) is 6.73. The maximum atomic E-state index is 5.90. The van der Waals surface area contributed by atoms with E-state index in [1.807, 2.05) is 19.2 Å². The molecule has 0 aliphatic heterocycles. The van der Waals surface area contributed by atoms with Gasteiger partial charge in [-0.1, -0.05) is 11.6 Å². The van der Waals surface area contributed by atoms with Crippen LogP contribution in [-0.2, 0) is 6.54 Å². The van der Waals surface area contributed by atoms with Crippen molar-refractivity contribution >= 4 is 28.8 Å². The Morgan fingerprint density at radius 3 is 2.88 bits per heavy atom. The number of nitrogens with one attached hydrogen (secondary N) is 1. The van der Waals surface area contributed by atoms with Gasteiger partial charge in [-0.15, -0.1) is 11.3 Å². The molecule has 84 valence electrons. The van der Waals surface area contributed by atoms with Gasteiger partial charge in [-0.3, -0.25) is 0 Å². The van der Waals surface area contributed by atoms with Crippen LogP contribution in [0.2, 0.25) is 5.15 Å². The molecule has 6 heteroatoms. The van der Waals surface area contributed by atoms with Crippen molar-refractivity contribution in [3.63, 3.8) is 0 Å². The van der Waals surface area contributed by atoms with Gasteiger partial charge in [0.25, 0.3) is 0 Å². The molecular weight excluding hydrogens is 244 g/mol. The van der Waals surface area contributed by atoms with E-state index in [4.69, 9.17) is 11.6 Å². The van der Waals surface area contributed by atoms with Gasteiger partial charge in [-0.2, -0.15) is 0 Å². The van der Waals surface area contributed by atoms with E-state index in [1.54, 1.807) is 11.3 Å². The van der Waals surface area contributed by atoms with Crippen molar-refractivity contribution in [2.45, 2.75) is 20.4 Å².